The van der Waals surface area contributed by atoms with Crippen molar-refractivity contribution in [3.8, 4) is 0 Å². The van der Waals surface area contributed by atoms with Gasteiger partial charge in [0, 0.05) is 30.3 Å². The van der Waals surface area contributed by atoms with Crippen molar-refractivity contribution in [3.05, 3.63) is 34.9 Å². The van der Waals surface area contributed by atoms with Crippen molar-refractivity contribution < 1.29 is 4.74 Å². The molecule has 1 aromatic rings. The van der Waals surface area contributed by atoms with Crippen molar-refractivity contribution in [2.24, 2.45) is 0 Å². The zero-order chi connectivity index (χ0) is 15.1. The van der Waals surface area contributed by atoms with E-state index in [0.29, 0.717) is 6.04 Å². The molecule has 1 aliphatic heterocycles. The molecule has 1 aromatic carbocycles. The first-order valence-corrected chi connectivity index (χ1v) is 9.25. The minimum atomic E-state index is 0.471. The van der Waals surface area contributed by atoms with Crippen molar-refractivity contribution in [2.45, 2.75) is 51.3 Å². The molecule has 1 heterocycles. The highest BCUT2D eigenvalue weighted by Crippen LogP contribution is 2.28. The third-order valence-electron chi connectivity index (χ3n) is 4.11. The molecule has 0 saturated carbocycles. The standard InChI is InChI=1S/C18H29NOS/c1-4-9-19-18(13-21-16-7-10-20-11-8-16)17-6-5-14(2)12-15(17)3/h5-6,12,16,18-19H,4,7-11,13H2,1-3H3. The first-order chi connectivity index (χ1) is 10.2. The Morgan fingerprint density at radius 1 is 1.29 bits per heavy atom. The second kappa shape index (κ2) is 8.82. The van der Waals surface area contributed by atoms with Crippen LogP contribution in [0.1, 0.15) is 48.9 Å². The summed E-state index contributed by atoms with van der Waals surface area (Å²) in [5.74, 6) is 1.16. The van der Waals surface area contributed by atoms with Gasteiger partial charge in [0.05, 0.1) is 0 Å². The van der Waals surface area contributed by atoms with Crippen LogP contribution < -0.4 is 5.32 Å². The van der Waals surface area contributed by atoms with Crippen LogP contribution in [0, 0.1) is 13.8 Å². The van der Waals surface area contributed by atoms with Gasteiger partial charge >= 0.3 is 0 Å². The molecule has 1 atom stereocenters. The van der Waals surface area contributed by atoms with E-state index >= 15 is 0 Å². The Balaban J connectivity index is 1.99. The fraction of sp³-hybridized carbons (Fsp3) is 0.667. The average molecular weight is 308 g/mol. The van der Waals surface area contributed by atoms with Gasteiger partial charge in [-0.1, -0.05) is 30.7 Å². The minimum Gasteiger partial charge on any atom is -0.381 e. The molecule has 2 nitrogen and oxygen atoms in total. The third-order valence-corrected chi connectivity index (χ3v) is 5.58. The molecule has 1 fully saturated rings. The average Bonchev–Trinajstić information content (AvgIpc) is 2.49. The lowest BCUT2D eigenvalue weighted by Crippen LogP contribution is -2.27. The molecule has 1 aliphatic rings. The largest absolute Gasteiger partial charge is 0.381 e. The number of ether oxygens (including phenoxy) is 1. The Kier molecular flexibility index (Phi) is 7.08. The van der Waals surface area contributed by atoms with Crippen LogP contribution in [0.5, 0.6) is 0 Å². The molecular weight excluding hydrogens is 278 g/mol. The van der Waals surface area contributed by atoms with Crippen molar-refractivity contribution >= 4 is 11.8 Å². The van der Waals surface area contributed by atoms with Crippen LogP contribution in [0.3, 0.4) is 0 Å². The lowest BCUT2D eigenvalue weighted by molar-refractivity contribution is 0.1000. The molecule has 0 spiro atoms. The molecule has 21 heavy (non-hydrogen) atoms. The van der Waals surface area contributed by atoms with Gasteiger partial charge in [-0.2, -0.15) is 11.8 Å². The summed E-state index contributed by atoms with van der Waals surface area (Å²) in [6.07, 6.45) is 3.60. The number of rotatable bonds is 7. The molecule has 1 N–H and O–H groups in total. The van der Waals surface area contributed by atoms with Crippen LogP contribution in [-0.4, -0.2) is 30.8 Å². The van der Waals surface area contributed by atoms with E-state index in [1.54, 1.807) is 0 Å². The summed E-state index contributed by atoms with van der Waals surface area (Å²) in [5.41, 5.74) is 4.23. The highest BCUT2D eigenvalue weighted by molar-refractivity contribution is 7.99. The maximum absolute atomic E-state index is 5.46. The van der Waals surface area contributed by atoms with Crippen LogP contribution in [-0.2, 0) is 4.74 Å². The first-order valence-electron chi connectivity index (χ1n) is 8.20. The molecule has 0 aliphatic carbocycles. The number of aryl methyl sites for hydroxylation is 2. The molecule has 2 rings (SSSR count). The Morgan fingerprint density at radius 3 is 2.71 bits per heavy atom. The SMILES string of the molecule is CCCNC(CSC1CCOCC1)c1ccc(C)cc1C. The molecule has 118 valence electrons. The zero-order valence-corrected chi connectivity index (χ0v) is 14.5. The summed E-state index contributed by atoms with van der Waals surface area (Å²) < 4.78 is 5.46. The van der Waals surface area contributed by atoms with Crippen molar-refractivity contribution in [1.82, 2.24) is 5.32 Å². The fourth-order valence-corrected chi connectivity index (χ4v) is 4.16. The second-order valence-corrected chi connectivity index (χ2v) is 7.35. The van der Waals surface area contributed by atoms with E-state index in [-0.39, 0.29) is 0 Å². The van der Waals surface area contributed by atoms with Gasteiger partial charge in [0.25, 0.3) is 0 Å². The highest BCUT2D eigenvalue weighted by atomic mass is 32.2. The zero-order valence-electron chi connectivity index (χ0n) is 13.7. The van der Waals surface area contributed by atoms with E-state index in [9.17, 15) is 0 Å². The normalized spacial score (nSPS) is 17.9. The monoisotopic (exact) mass is 307 g/mol. The van der Waals surface area contributed by atoms with E-state index in [2.05, 4.69) is 56.0 Å². The molecular formula is C18H29NOS. The number of hydrogen-bond acceptors (Lipinski definition) is 3. The lowest BCUT2D eigenvalue weighted by atomic mass is 10.00. The van der Waals surface area contributed by atoms with Crippen LogP contribution in [0.4, 0.5) is 0 Å². The second-order valence-electron chi connectivity index (χ2n) is 6.01. The Hall–Kier alpha value is -0.510. The van der Waals surface area contributed by atoms with Gasteiger partial charge in [-0.15, -0.1) is 0 Å². The Bertz CT molecular complexity index is 429. The van der Waals surface area contributed by atoms with Crippen LogP contribution in [0.25, 0.3) is 0 Å². The number of hydrogen-bond donors (Lipinski definition) is 1. The molecule has 0 bridgehead atoms. The quantitative estimate of drug-likeness (QED) is 0.813. The van der Waals surface area contributed by atoms with Crippen molar-refractivity contribution in [3.63, 3.8) is 0 Å². The Labute approximate surface area is 134 Å². The van der Waals surface area contributed by atoms with Gasteiger partial charge in [-0.3, -0.25) is 0 Å². The number of nitrogens with one attached hydrogen (secondary N) is 1. The predicted octanol–water partition coefficient (Wildman–Crippen LogP) is 4.26. The first kappa shape index (κ1) is 16.9. The summed E-state index contributed by atoms with van der Waals surface area (Å²) >= 11 is 2.12. The fourth-order valence-electron chi connectivity index (χ4n) is 2.87. The highest BCUT2D eigenvalue weighted by Gasteiger charge is 2.18. The molecule has 0 aromatic heterocycles. The van der Waals surface area contributed by atoms with E-state index < -0.39 is 0 Å². The maximum atomic E-state index is 5.46. The van der Waals surface area contributed by atoms with Gasteiger partial charge < -0.3 is 10.1 Å². The van der Waals surface area contributed by atoms with Gasteiger partial charge in [-0.25, -0.2) is 0 Å². The summed E-state index contributed by atoms with van der Waals surface area (Å²) in [6.45, 7) is 9.61. The van der Waals surface area contributed by atoms with Gasteiger partial charge in [-0.05, 0) is 50.8 Å². The molecule has 0 radical (unpaired) electrons. The van der Waals surface area contributed by atoms with E-state index in [0.717, 1.165) is 30.8 Å². The summed E-state index contributed by atoms with van der Waals surface area (Å²) in [7, 11) is 0. The lowest BCUT2D eigenvalue weighted by Gasteiger charge is -2.26. The van der Waals surface area contributed by atoms with Gasteiger partial charge in [0.15, 0.2) is 0 Å². The van der Waals surface area contributed by atoms with Crippen LogP contribution in [0.15, 0.2) is 18.2 Å². The predicted molar refractivity (Wildman–Crippen MR) is 93.2 cm³/mol. The van der Waals surface area contributed by atoms with Gasteiger partial charge in [0.2, 0.25) is 0 Å². The molecule has 3 heteroatoms. The molecule has 1 saturated heterocycles. The smallest absolute Gasteiger partial charge is 0.0476 e. The third kappa shape index (κ3) is 5.32. The van der Waals surface area contributed by atoms with E-state index in [1.807, 2.05) is 0 Å². The van der Waals surface area contributed by atoms with Crippen molar-refractivity contribution in [1.29, 1.82) is 0 Å². The maximum Gasteiger partial charge on any atom is 0.0476 e. The Morgan fingerprint density at radius 2 is 2.05 bits per heavy atom. The molecule has 0 amide bonds. The topological polar surface area (TPSA) is 21.3 Å². The van der Waals surface area contributed by atoms with E-state index in [1.165, 1.54) is 36.0 Å². The summed E-state index contributed by atoms with van der Waals surface area (Å²) in [6, 6.07) is 7.32. The number of benzene rings is 1. The summed E-state index contributed by atoms with van der Waals surface area (Å²) in [4.78, 5) is 0. The van der Waals surface area contributed by atoms with Crippen LogP contribution in [0.2, 0.25) is 0 Å². The molecule has 1 unspecified atom stereocenters. The van der Waals surface area contributed by atoms with Crippen molar-refractivity contribution in [2.75, 3.05) is 25.5 Å². The minimum absolute atomic E-state index is 0.471. The van der Waals surface area contributed by atoms with Crippen LogP contribution >= 0.6 is 11.8 Å². The number of thioether (sulfide) groups is 1. The van der Waals surface area contributed by atoms with E-state index in [4.69, 9.17) is 4.74 Å². The summed E-state index contributed by atoms with van der Waals surface area (Å²) in [5, 5.41) is 4.51. The van der Waals surface area contributed by atoms with Gasteiger partial charge in [0.1, 0.15) is 0 Å².